The van der Waals surface area contributed by atoms with Gasteiger partial charge in [0.15, 0.2) is 11.3 Å². The van der Waals surface area contributed by atoms with Crippen molar-refractivity contribution >= 4 is 23.2 Å². The Balaban J connectivity index is 1.47. The van der Waals surface area contributed by atoms with Crippen LogP contribution in [0.1, 0.15) is 73.7 Å². The fourth-order valence-corrected chi connectivity index (χ4v) is 7.22. The SMILES string of the molecule is CCC(NC(=O)c1nn2c(C(F)(F)F)cc(C)nc2c1Cl)C12CC3CC(CC(C3)C1)C2. The maximum atomic E-state index is 13.5. The van der Waals surface area contributed by atoms with Crippen molar-refractivity contribution in [1.82, 2.24) is 19.9 Å². The summed E-state index contributed by atoms with van der Waals surface area (Å²) in [5.41, 5.74) is -1.11. The van der Waals surface area contributed by atoms with Gasteiger partial charge in [-0.05, 0) is 81.1 Å². The minimum absolute atomic E-state index is 0.0361. The molecule has 5 nitrogen and oxygen atoms in total. The van der Waals surface area contributed by atoms with Crippen LogP contribution in [0.15, 0.2) is 6.07 Å². The lowest BCUT2D eigenvalue weighted by molar-refractivity contribution is -0.142. The van der Waals surface area contributed by atoms with Gasteiger partial charge in [-0.2, -0.15) is 18.3 Å². The van der Waals surface area contributed by atoms with Crippen LogP contribution in [-0.4, -0.2) is 26.5 Å². The zero-order valence-corrected chi connectivity index (χ0v) is 18.4. The number of aromatic nitrogens is 3. The summed E-state index contributed by atoms with van der Waals surface area (Å²) in [6.07, 6.45) is 3.39. The summed E-state index contributed by atoms with van der Waals surface area (Å²) in [4.78, 5) is 17.3. The largest absolute Gasteiger partial charge is 0.433 e. The van der Waals surface area contributed by atoms with Gasteiger partial charge in [0.05, 0.1) is 0 Å². The Morgan fingerprint density at radius 1 is 1.26 bits per heavy atom. The van der Waals surface area contributed by atoms with Crippen LogP contribution in [0.3, 0.4) is 0 Å². The Hall–Kier alpha value is -1.83. The van der Waals surface area contributed by atoms with Crippen LogP contribution in [0.2, 0.25) is 5.02 Å². The molecule has 1 N–H and O–H groups in total. The first-order valence-electron chi connectivity index (χ1n) is 11.0. The zero-order chi connectivity index (χ0) is 22.1. The molecule has 2 aromatic heterocycles. The second-order valence-electron chi connectivity index (χ2n) is 9.89. The molecule has 6 rings (SSSR count). The molecule has 0 saturated heterocycles. The van der Waals surface area contributed by atoms with Crippen LogP contribution < -0.4 is 5.32 Å². The number of carbonyl (C=O) groups excluding carboxylic acids is 1. The van der Waals surface area contributed by atoms with E-state index in [2.05, 4.69) is 22.3 Å². The molecule has 4 saturated carbocycles. The van der Waals surface area contributed by atoms with Crippen molar-refractivity contribution in [2.45, 2.75) is 71.0 Å². The van der Waals surface area contributed by atoms with E-state index < -0.39 is 17.8 Å². The quantitative estimate of drug-likeness (QED) is 0.669. The van der Waals surface area contributed by atoms with Gasteiger partial charge in [0.25, 0.3) is 5.91 Å². The number of nitrogens with zero attached hydrogens (tertiary/aromatic N) is 3. The molecule has 4 aliphatic rings. The fraction of sp³-hybridized carbons (Fsp3) is 0.682. The number of hydrogen-bond acceptors (Lipinski definition) is 3. The first-order chi connectivity index (χ1) is 14.6. The lowest BCUT2D eigenvalue weighted by Crippen LogP contribution is -2.56. The van der Waals surface area contributed by atoms with Crippen LogP contribution in [0.5, 0.6) is 0 Å². The molecular formula is C22H26ClF3N4O. The maximum Gasteiger partial charge on any atom is 0.433 e. The maximum absolute atomic E-state index is 13.5. The van der Waals surface area contributed by atoms with E-state index in [1.165, 1.54) is 26.2 Å². The van der Waals surface area contributed by atoms with Gasteiger partial charge in [-0.3, -0.25) is 4.79 Å². The molecule has 4 bridgehead atoms. The summed E-state index contributed by atoms with van der Waals surface area (Å²) in [6, 6.07) is 0.869. The van der Waals surface area contributed by atoms with E-state index in [1.54, 1.807) is 0 Å². The highest BCUT2D eigenvalue weighted by atomic mass is 35.5. The molecule has 31 heavy (non-hydrogen) atoms. The van der Waals surface area contributed by atoms with Crippen molar-refractivity contribution in [1.29, 1.82) is 0 Å². The van der Waals surface area contributed by atoms with E-state index in [-0.39, 0.29) is 33.5 Å². The molecule has 1 amide bonds. The molecule has 0 aliphatic heterocycles. The Morgan fingerprint density at radius 2 is 1.84 bits per heavy atom. The van der Waals surface area contributed by atoms with Gasteiger partial charge < -0.3 is 5.32 Å². The molecule has 0 radical (unpaired) electrons. The molecule has 1 unspecified atom stereocenters. The second kappa shape index (κ2) is 7.09. The van der Waals surface area contributed by atoms with Crippen molar-refractivity contribution < 1.29 is 18.0 Å². The van der Waals surface area contributed by atoms with E-state index >= 15 is 0 Å². The predicted molar refractivity (Wildman–Crippen MR) is 110 cm³/mol. The van der Waals surface area contributed by atoms with Crippen LogP contribution >= 0.6 is 11.6 Å². The summed E-state index contributed by atoms with van der Waals surface area (Å²) in [7, 11) is 0. The molecule has 1 atom stereocenters. The zero-order valence-electron chi connectivity index (χ0n) is 17.6. The minimum Gasteiger partial charge on any atom is -0.347 e. The molecule has 4 aliphatic carbocycles. The summed E-state index contributed by atoms with van der Waals surface area (Å²) in [5.74, 6) is 1.68. The molecular weight excluding hydrogens is 429 g/mol. The molecule has 2 aromatic rings. The van der Waals surface area contributed by atoms with Gasteiger partial charge >= 0.3 is 6.18 Å². The third kappa shape index (κ3) is 3.41. The number of rotatable bonds is 4. The number of fused-ring (bicyclic) bond motifs is 1. The third-order valence-corrected chi connectivity index (χ3v) is 8.05. The second-order valence-corrected chi connectivity index (χ2v) is 10.3. The first-order valence-corrected chi connectivity index (χ1v) is 11.4. The average Bonchev–Trinajstić information content (AvgIpc) is 3.00. The van der Waals surface area contributed by atoms with Gasteiger partial charge in [-0.25, -0.2) is 9.50 Å². The van der Waals surface area contributed by atoms with Crippen molar-refractivity contribution in [3.8, 4) is 0 Å². The Labute approximate surface area is 183 Å². The number of carbonyl (C=O) groups is 1. The van der Waals surface area contributed by atoms with Gasteiger partial charge in [0.2, 0.25) is 0 Å². The average molecular weight is 455 g/mol. The van der Waals surface area contributed by atoms with E-state index in [4.69, 9.17) is 11.6 Å². The standard InChI is InChI=1S/C22H26ClF3N4O/c1-3-15(21-8-12-5-13(9-21)7-14(6-12)10-21)28-20(31)18-17(23)19-27-11(2)4-16(22(24,25)26)30(19)29-18/h4,12-15H,3,5-10H2,1-2H3,(H,28,31). The fourth-order valence-electron chi connectivity index (χ4n) is 6.98. The highest BCUT2D eigenvalue weighted by molar-refractivity contribution is 6.36. The molecule has 168 valence electrons. The normalized spacial score (nSPS) is 30.7. The van der Waals surface area contributed by atoms with Crippen LogP contribution in [0.25, 0.3) is 5.65 Å². The molecule has 9 heteroatoms. The Kier molecular flexibility index (Phi) is 4.81. The third-order valence-electron chi connectivity index (χ3n) is 7.70. The van der Waals surface area contributed by atoms with Crippen LogP contribution in [0.4, 0.5) is 13.2 Å². The van der Waals surface area contributed by atoms with Crippen LogP contribution in [-0.2, 0) is 6.18 Å². The minimum atomic E-state index is -4.64. The van der Waals surface area contributed by atoms with Gasteiger partial charge in [-0.15, -0.1) is 0 Å². The number of halogens is 4. The highest BCUT2D eigenvalue weighted by Gasteiger charge is 2.54. The highest BCUT2D eigenvalue weighted by Crippen LogP contribution is 2.61. The van der Waals surface area contributed by atoms with E-state index in [0.29, 0.717) is 4.52 Å². The Morgan fingerprint density at radius 3 is 2.35 bits per heavy atom. The molecule has 0 aromatic carbocycles. The summed E-state index contributed by atoms with van der Waals surface area (Å²) in [5, 5.41) is 6.90. The molecule has 4 fully saturated rings. The van der Waals surface area contributed by atoms with Crippen LogP contribution in [0, 0.1) is 30.1 Å². The predicted octanol–water partition coefficient (Wildman–Crippen LogP) is 5.43. The van der Waals surface area contributed by atoms with E-state index in [9.17, 15) is 18.0 Å². The number of alkyl halides is 3. The van der Waals surface area contributed by atoms with E-state index in [1.807, 2.05) is 0 Å². The van der Waals surface area contributed by atoms with E-state index in [0.717, 1.165) is 49.5 Å². The van der Waals surface area contributed by atoms with Crippen molar-refractivity contribution in [3.05, 3.63) is 28.2 Å². The summed E-state index contributed by atoms with van der Waals surface area (Å²) < 4.78 is 41.1. The van der Waals surface area contributed by atoms with Gasteiger partial charge in [-0.1, -0.05) is 18.5 Å². The first kappa shape index (κ1) is 21.0. The molecule has 0 spiro atoms. The molecule has 2 heterocycles. The lowest BCUT2D eigenvalue weighted by atomic mass is 9.47. The smallest absolute Gasteiger partial charge is 0.347 e. The lowest BCUT2D eigenvalue weighted by Gasteiger charge is -2.59. The van der Waals surface area contributed by atoms with Gasteiger partial charge in [0, 0.05) is 11.7 Å². The number of aryl methyl sites for hydroxylation is 1. The summed E-state index contributed by atoms with van der Waals surface area (Å²) >= 11 is 6.32. The topological polar surface area (TPSA) is 59.3 Å². The number of nitrogens with one attached hydrogen (secondary N) is 1. The van der Waals surface area contributed by atoms with Gasteiger partial charge in [0.1, 0.15) is 10.7 Å². The monoisotopic (exact) mass is 454 g/mol. The van der Waals surface area contributed by atoms with Crippen molar-refractivity contribution in [2.24, 2.45) is 23.2 Å². The Bertz CT molecular complexity index is 1010. The number of hydrogen-bond donors (Lipinski definition) is 1. The van der Waals surface area contributed by atoms with Crippen molar-refractivity contribution in [2.75, 3.05) is 0 Å². The number of amides is 1. The summed E-state index contributed by atoms with van der Waals surface area (Å²) in [6.45, 7) is 3.51. The van der Waals surface area contributed by atoms with Crippen molar-refractivity contribution in [3.63, 3.8) is 0 Å².